The molecular formula is C22H21NO. The molecule has 2 nitrogen and oxygen atoms in total. The molecule has 0 saturated heterocycles. The molecule has 0 saturated carbocycles. The highest BCUT2D eigenvalue weighted by atomic mass is 16.5. The Hall–Kier alpha value is -2.74. The van der Waals surface area contributed by atoms with Crippen molar-refractivity contribution >= 4 is 17.3 Å². The molecule has 0 bridgehead atoms. The lowest BCUT2D eigenvalue weighted by atomic mass is 10.0. The number of fused-ring (bicyclic) bond motifs is 2. The van der Waals surface area contributed by atoms with Crippen LogP contribution in [0.3, 0.4) is 0 Å². The smallest absolute Gasteiger partial charge is 0.119 e. The highest BCUT2D eigenvalue weighted by Crippen LogP contribution is 2.36. The summed E-state index contributed by atoms with van der Waals surface area (Å²) in [5, 5.41) is 0. The monoisotopic (exact) mass is 315 g/mol. The molecule has 1 aliphatic heterocycles. The van der Waals surface area contributed by atoms with Crippen LogP contribution >= 0.6 is 0 Å². The van der Waals surface area contributed by atoms with Gasteiger partial charge in [-0.25, -0.2) is 0 Å². The number of rotatable bonds is 2. The predicted octanol–water partition coefficient (Wildman–Crippen LogP) is 5.07. The minimum atomic E-state index is 0.893. The van der Waals surface area contributed by atoms with Crippen LogP contribution in [0.4, 0.5) is 5.69 Å². The molecular weight excluding hydrogens is 294 g/mol. The van der Waals surface area contributed by atoms with Crippen molar-refractivity contribution in [3.63, 3.8) is 0 Å². The van der Waals surface area contributed by atoms with E-state index in [9.17, 15) is 0 Å². The Morgan fingerprint density at radius 1 is 1.08 bits per heavy atom. The second-order valence-corrected chi connectivity index (χ2v) is 6.37. The largest absolute Gasteiger partial charge is 0.497 e. The number of hydrogen-bond donors (Lipinski definition) is 0. The Balaban J connectivity index is 1.70. The molecule has 0 unspecified atom stereocenters. The predicted molar refractivity (Wildman–Crippen MR) is 101 cm³/mol. The topological polar surface area (TPSA) is 12.5 Å². The van der Waals surface area contributed by atoms with Gasteiger partial charge in [0.2, 0.25) is 0 Å². The number of likely N-dealkylation sites (N-methyl/N-ethyl adjacent to an activating group) is 1. The number of anilines is 1. The van der Waals surface area contributed by atoms with Gasteiger partial charge in [-0.3, -0.25) is 0 Å². The van der Waals surface area contributed by atoms with Crippen molar-refractivity contribution in [1.29, 1.82) is 0 Å². The van der Waals surface area contributed by atoms with Crippen molar-refractivity contribution in [2.75, 3.05) is 19.1 Å². The fourth-order valence-corrected chi connectivity index (χ4v) is 3.56. The molecule has 2 heteroatoms. The molecule has 0 fully saturated rings. The summed E-state index contributed by atoms with van der Waals surface area (Å²) in [4.78, 5) is 2.25. The number of allylic oxidation sites excluding steroid dienone is 4. The molecule has 24 heavy (non-hydrogen) atoms. The highest BCUT2D eigenvalue weighted by Gasteiger charge is 2.19. The summed E-state index contributed by atoms with van der Waals surface area (Å²) >= 11 is 0. The average Bonchev–Trinajstić information content (AvgIpc) is 2.93. The standard InChI is InChI=1S/C22H21NO/c1-15-18(12-16-6-4-5-7-21(15)16)13-19-9-8-17-14-20(24-3)10-11-22(17)23(19)2/h4-11,13-14H,12H2,1-3H3. The first-order valence-electron chi connectivity index (χ1n) is 8.27. The normalized spacial score (nSPS) is 17.3. The Labute approximate surface area is 143 Å². The quantitative estimate of drug-likeness (QED) is 0.767. The van der Waals surface area contributed by atoms with Gasteiger partial charge in [-0.2, -0.15) is 0 Å². The van der Waals surface area contributed by atoms with Crippen LogP contribution in [-0.4, -0.2) is 14.2 Å². The summed E-state index contributed by atoms with van der Waals surface area (Å²) in [6.07, 6.45) is 7.69. The van der Waals surface area contributed by atoms with E-state index in [0.717, 1.165) is 12.2 Å². The summed E-state index contributed by atoms with van der Waals surface area (Å²) in [7, 11) is 3.83. The van der Waals surface area contributed by atoms with Gasteiger partial charge in [0.05, 0.1) is 7.11 Å². The molecule has 0 radical (unpaired) electrons. The van der Waals surface area contributed by atoms with E-state index in [-0.39, 0.29) is 0 Å². The second-order valence-electron chi connectivity index (χ2n) is 6.37. The molecule has 4 rings (SSSR count). The van der Waals surface area contributed by atoms with Gasteiger partial charge in [-0.1, -0.05) is 30.3 Å². The van der Waals surface area contributed by atoms with Crippen LogP contribution in [0.5, 0.6) is 5.75 Å². The van der Waals surface area contributed by atoms with E-state index in [2.05, 4.69) is 73.5 Å². The summed E-state index contributed by atoms with van der Waals surface area (Å²) in [5.74, 6) is 0.893. The molecule has 0 atom stereocenters. The Kier molecular flexibility index (Phi) is 3.53. The number of ether oxygens (including phenoxy) is 1. The number of hydrogen-bond acceptors (Lipinski definition) is 2. The van der Waals surface area contributed by atoms with Crippen LogP contribution < -0.4 is 9.64 Å². The van der Waals surface area contributed by atoms with Gasteiger partial charge in [0.1, 0.15) is 5.75 Å². The van der Waals surface area contributed by atoms with Crippen molar-refractivity contribution in [3.8, 4) is 5.75 Å². The number of benzene rings is 2. The first kappa shape index (κ1) is 14.8. The highest BCUT2D eigenvalue weighted by molar-refractivity contribution is 5.81. The summed E-state index contributed by atoms with van der Waals surface area (Å²) in [5.41, 5.74) is 9.22. The molecule has 1 aliphatic carbocycles. The van der Waals surface area contributed by atoms with Gasteiger partial charge in [-0.05, 0) is 66.0 Å². The third kappa shape index (κ3) is 2.35. The van der Waals surface area contributed by atoms with E-state index in [4.69, 9.17) is 4.74 Å². The third-order valence-electron chi connectivity index (χ3n) is 5.02. The molecule has 0 aromatic heterocycles. The molecule has 1 heterocycles. The Morgan fingerprint density at radius 2 is 1.92 bits per heavy atom. The van der Waals surface area contributed by atoms with Crippen LogP contribution in [0.1, 0.15) is 23.6 Å². The van der Waals surface area contributed by atoms with Crippen LogP contribution in [0.15, 0.2) is 65.9 Å². The zero-order valence-electron chi connectivity index (χ0n) is 14.3. The zero-order chi connectivity index (χ0) is 16.7. The first-order valence-corrected chi connectivity index (χ1v) is 8.27. The Bertz CT molecular complexity index is 902. The van der Waals surface area contributed by atoms with Crippen LogP contribution in [0.2, 0.25) is 0 Å². The van der Waals surface area contributed by atoms with E-state index in [0.29, 0.717) is 0 Å². The lowest BCUT2D eigenvalue weighted by Gasteiger charge is -2.27. The maximum absolute atomic E-state index is 5.33. The molecule has 2 aromatic carbocycles. The van der Waals surface area contributed by atoms with Crippen molar-refractivity contribution < 1.29 is 4.74 Å². The maximum atomic E-state index is 5.33. The van der Waals surface area contributed by atoms with Crippen molar-refractivity contribution in [2.45, 2.75) is 13.3 Å². The van der Waals surface area contributed by atoms with Gasteiger partial charge >= 0.3 is 0 Å². The second kappa shape index (κ2) is 5.72. The van der Waals surface area contributed by atoms with E-state index in [1.165, 1.54) is 39.2 Å². The summed E-state index contributed by atoms with van der Waals surface area (Å²) in [6.45, 7) is 2.23. The van der Waals surface area contributed by atoms with Gasteiger partial charge in [0, 0.05) is 24.0 Å². The van der Waals surface area contributed by atoms with Gasteiger partial charge in [0.15, 0.2) is 0 Å². The van der Waals surface area contributed by atoms with E-state index >= 15 is 0 Å². The van der Waals surface area contributed by atoms with E-state index in [1.54, 1.807) is 7.11 Å². The van der Waals surface area contributed by atoms with E-state index < -0.39 is 0 Å². The maximum Gasteiger partial charge on any atom is 0.119 e. The lowest BCUT2D eigenvalue weighted by molar-refractivity contribution is 0.414. The van der Waals surface area contributed by atoms with Crippen molar-refractivity contribution in [2.24, 2.45) is 0 Å². The van der Waals surface area contributed by atoms with Gasteiger partial charge in [0.25, 0.3) is 0 Å². The van der Waals surface area contributed by atoms with Crippen LogP contribution in [0.25, 0.3) is 11.6 Å². The fraction of sp³-hybridized carbons (Fsp3) is 0.182. The van der Waals surface area contributed by atoms with Gasteiger partial charge < -0.3 is 9.64 Å². The molecule has 0 N–H and O–H groups in total. The minimum Gasteiger partial charge on any atom is -0.497 e. The molecule has 0 spiro atoms. The number of methoxy groups -OCH3 is 1. The minimum absolute atomic E-state index is 0.893. The Morgan fingerprint density at radius 3 is 2.71 bits per heavy atom. The first-order chi connectivity index (χ1) is 11.7. The molecule has 2 aliphatic rings. The van der Waals surface area contributed by atoms with E-state index in [1.807, 2.05) is 6.07 Å². The van der Waals surface area contributed by atoms with Crippen LogP contribution in [-0.2, 0) is 6.42 Å². The molecule has 2 aromatic rings. The molecule has 0 amide bonds. The lowest BCUT2D eigenvalue weighted by Crippen LogP contribution is -2.18. The summed E-state index contributed by atoms with van der Waals surface area (Å²) in [6, 6.07) is 14.9. The zero-order valence-corrected chi connectivity index (χ0v) is 14.3. The van der Waals surface area contributed by atoms with Crippen molar-refractivity contribution in [3.05, 3.63) is 82.6 Å². The summed E-state index contributed by atoms with van der Waals surface area (Å²) < 4.78 is 5.33. The number of nitrogens with zero attached hydrogens (tertiary/aromatic N) is 1. The van der Waals surface area contributed by atoms with Crippen molar-refractivity contribution in [1.82, 2.24) is 0 Å². The third-order valence-corrected chi connectivity index (χ3v) is 5.02. The average molecular weight is 315 g/mol. The fourth-order valence-electron chi connectivity index (χ4n) is 3.56. The SMILES string of the molecule is COc1ccc2c(c1)C=CC(=CC1=C(C)c3ccccc3C1)N2C. The van der Waals surface area contributed by atoms with Crippen LogP contribution in [0, 0.1) is 0 Å². The van der Waals surface area contributed by atoms with Gasteiger partial charge in [-0.15, -0.1) is 0 Å². The molecule has 120 valence electrons.